The molecule has 0 aromatic rings. The zero-order chi connectivity index (χ0) is 12.4. The Morgan fingerprint density at radius 2 is 1.88 bits per heavy atom. The SMILES string of the molecule is CN(CCC1CCCC1)C(=O)C1CC1C(=O)O. The molecule has 0 heterocycles. The number of amides is 1. The summed E-state index contributed by atoms with van der Waals surface area (Å²) in [5.74, 6) is -0.694. The van der Waals surface area contributed by atoms with Gasteiger partial charge in [-0.05, 0) is 18.8 Å². The van der Waals surface area contributed by atoms with Crippen LogP contribution in [0.5, 0.6) is 0 Å². The molecule has 2 saturated carbocycles. The summed E-state index contributed by atoms with van der Waals surface area (Å²) in [4.78, 5) is 24.3. The van der Waals surface area contributed by atoms with Crippen molar-refractivity contribution in [3.8, 4) is 0 Å². The summed E-state index contributed by atoms with van der Waals surface area (Å²) in [7, 11) is 1.80. The number of rotatable bonds is 5. The molecule has 0 radical (unpaired) electrons. The molecule has 2 aliphatic carbocycles. The number of aliphatic carboxylic acids is 1. The van der Waals surface area contributed by atoms with Crippen LogP contribution in [0.4, 0.5) is 0 Å². The van der Waals surface area contributed by atoms with E-state index >= 15 is 0 Å². The number of carboxylic acid groups (broad SMARTS) is 1. The number of hydrogen-bond donors (Lipinski definition) is 1. The average Bonchev–Trinajstić information content (AvgIpc) is 2.94. The summed E-state index contributed by atoms with van der Waals surface area (Å²) < 4.78 is 0. The van der Waals surface area contributed by atoms with Crippen LogP contribution in [0, 0.1) is 17.8 Å². The largest absolute Gasteiger partial charge is 0.481 e. The van der Waals surface area contributed by atoms with E-state index in [2.05, 4.69) is 0 Å². The summed E-state index contributed by atoms with van der Waals surface area (Å²) in [6.45, 7) is 0.784. The summed E-state index contributed by atoms with van der Waals surface area (Å²) in [5.41, 5.74) is 0. The molecule has 2 atom stereocenters. The van der Waals surface area contributed by atoms with Gasteiger partial charge in [0.25, 0.3) is 0 Å². The van der Waals surface area contributed by atoms with Crippen LogP contribution in [0.25, 0.3) is 0 Å². The van der Waals surface area contributed by atoms with Crippen LogP contribution in [0.15, 0.2) is 0 Å². The number of hydrogen-bond acceptors (Lipinski definition) is 2. The molecule has 2 rings (SSSR count). The van der Waals surface area contributed by atoms with Crippen molar-refractivity contribution in [2.75, 3.05) is 13.6 Å². The minimum absolute atomic E-state index is 0.0235. The molecule has 0 aliphatic heterocycles. The van der Waals surface area contributed by atoms with E-state index in [1.807, 2.05) is 0 Å². The van der Waals surface area contributed by atoms with Crippen LogP contribution in [0.1, 0.15) is 38.5 Å². The van der Waals surface area contributed by atoms with Crippen molar-refractivity contribution in [1.29, 1.82) is 0 Å². The van der Waals surface area contributed by atoms with Gasteiger partial charge in [0.05, 0.1) is 11.8 Å². The molecular formula is C13H21NO3. The van der Waals surface area contributed by atoms with E-state index in [1.54, 1.807) is 11.9 Å². The van der Waals surface area contributed by atoms with Gasteiger partial charge in [-0.15, -0.1) is 0 Å². The van der Waals surface area contributed by atoms with Gasteiger partial charge in [-0.3, -0.25) is 9.59 Å². The van der Waals surface area contributed by atoms with Crippen molar-refractivity contribution in [1.82, 2.24) is 4.90 Å². The van der Waals surface area contributed by atoms with Crippen molar-refractivity contribution >= 4 is 11.9 Å². The second-order valence-corrected chi connectivity index (χ2v) is 5.49. The lowest BCUT2D eigenvalue weighted by Gasteiger charge is -2.19. The van der Waals surface area contributed by atoms with Gasteiger partial charge in [-0.1, -0.05) is 25.7 Å². The van der Waals surface area contributed by atoms with Crippen LogP contribution in [-0.4, -0.2) is 35.5 Å². The van der Waals surface area contributed by atoms with E-state index in [0.29, 0.717) is 6.42 Å². The first-order chi connectivity index (χ1) is 8.09. The van der Waals surface area contributed by atoms with Crippen molar-refractivity contribution in [2.24, 2.45) is 17.8 Å². The van der Waals surface area contributed by atoms with Gasteiger partial charge < -0.3 is 10.0 Å². The van der Waals surface area contributed by atoms with Gasteiger partial charge in [-0.2, -0.15) is 0 Å². The van der Waals surface area contributed by atoms with Crippen molar-refractivity contribution in [2.45, 2.75) is 38.5 Å². The number of carbonyl (C=O) groups excluding carboxylic acids is 1. The van der Waals surface area contributed by atoms with Gasteiger partial charge in [0.15, 0.2) is 0 Å². The molecule has 2 aliphatic rings. The monoisotopic (exact) mass is 239 g/mol. The molecule has 4 nitrogen and oxygen atoms in total. The van der Waals surface area contributed by atoms with Crippen molar-refractivity contribution in [3.63, 3.8) is 0 Å². The Hall–Kier alpha value is -1.06. The molecule has 1 amide bonds. The molecule has 4 heteroatoms. The maximum atomic E-state index is 11.9. The fourth-order valence-electron chi connectivity index (χ4n) is 2.81. The number of nitrogens with zero attached hydrogens (tertiary/aromatic N) is 1. The Labute approximate surface area is 102 Å². The standard InChI is InChI=1S/C13H21NO3/c1-14(7-6-9-4-2-3-5-9)12(15)10-8-11(10)13(16)17/h9-11H,2-8H2,1H3,(H,16,17). The summed E-state index contributed by atoms with van der Waals surface area (Å²) in [6, 6.07) is 0. The smallest absolute Gasteiger partial charge is 0.307 e. The lowest BCUT2D eigenvalue weighted by atomic mass is 10.0. The fourth-order valence-corrected chi connectivity index (χ4v) is 2.81. The number of carbonyl (C=O) groups is 2. The molecule has 0 spiro atoms. The topological polar surface area (TPSA) is 57.6 Å². The third kappa shape index (κ3) is 2.99. The molecule has 96 valence electrons. The van der Waals surface area contributed by atoms with Crippen LogP contribution >= 0.6 is 0 Å². The van der Waals surface area contributed by atoms with E-state index < -0.39 is 11.9 Å². The van der Waals surface area contributed by atoms with Crippen molar-refractivity contribution in [3.05, 3.63) is 0 Å². The number of carboxylic acids is 1. The summed E-state index contributed by atoms with van der Waals surface area (Å²) >= 11 is 0. The fraction of sp³-hybridized carbons (Fsp3) is 0.846. The van der Waals surface area contributed by atoms with Crippen LogP contribution < -0.4 is 0 Å². The summed E-state index contributed by atoms with van der Waals surface area (Å²) in [6.07, 6.45) is 6.85. The highest BCUT2D eigenvalue weighted by Gasteiger charge is 2.49. The van der Waals surface area contributed by atoms with Gasteiger partial charge in [0, 0.05) is 13.6 Å². The van der Waals surface area contributed by atoms with Crippen LogP contribution in [0.2, 0.25) is 0 Å². The Morgan fingerprint density at radius 3 is 2.41 bits per heavy atom. The highest BCUT2D eigenvalue weighted by molar-refractivity contribution is 5.89. The van der Waals surface area contributed by atoms with E-state index in [0.717, 1.165) is 18.9 Å². The van der Waals surface area contributed by atoms with E-state index in [-0.39, 0.29) is 11.8 Å². The highest BCUT2D eigenvalue weighted by Crippen LogP contribution is 2.40. The van der Waals surface area contributed by atoms with Gasteiger partial charge >= 0.3 is 5.97 Å². The Morgan fingerprint density at radius 1 is 1.24 bits per heavy atom. The first kappa shape index (κ1) is 12.4. The lowest BCUT2D eigenvalue weighted by molar-refractivity contribution is -0.141. The average molecular weight is 239 g/mol. The molecule has 0 aromatic heterocycles. The van der Waals surface area contributed by atoms with E-state index in [4.69, 9.17) is 5.11 Å². The minimum atomic E-state index is -0.826. The highest BCUT2D eigenvalue weighted by atomic mass is 16.4. The molecule has 1 N–H and O–H groups in total. The first-order valence-corrected chi connectivity index (χ1v) is 6.57. The van der Waals surface area contributed by atoms with Crippen LogP contribution in [0.3, 0.4) is 0 Å². The molecule has 0 bridgehead atoms. The van der Waals surface area contributed by atoms with E-state index in [1.165, 1.54) is 25.7 Å². The predicted molar refractivity (Wildman–Crippen MR) is 63.4 cm³/mol. The second kappa shape index (κ2) is 5.07. The van der Waals surface area contributed by atoms with Gasteiger partial charge in [0.1, 0.15) is 0 Å². The Balaban J connectivity index is 1.70. The Bertz CT molecular complexity index is 310. The van der Waals surface area contributed by atoms with E-state index in [9.17, 15) is 9.59 Å². The zero-order valence-corrected chi connectivity index (χ0v) is 10.4. The Kier molecular flexibility index (Phi) is 3.69. The van der Waals surface area contributed by atoms with Crippen molar-refractivity contribution < 1.29 is 14.7 Å². The molecule has 0 aromatic carbocycles. The van der Waals surface area contributed by atoms with Gasteiger partial charge in [-0.25, -0.2) is 0 Å². The molecule has 0 saturated heterocycles. The third-order valence-electron chi connectivity index (χ3n) is 4.15. The normalized spacial score (nSPS) is 28.1. The van der Waals surface area contributed by atoms with Gasteiger partial charge in [0.2, 0.25) is 5.91 Å². The molecule has 2 fully saturated rings. The molecular weight excluding hydrogens is 218 g/mol. The zero-order valence-electron chi connectivity index (χ0n) is 10.4. The third-order valence-corrected chi connectivity index (χ3v) is 4.15. The maximum Gasteiger partial charge on any atom is 0.307 e. The summed E-state index contributed by atoms with van der Waals surface area (Å²) in [5, 5.41) is 8.79. The first-order valence-electron chi connectivity index (χ1n) is 6.57. The second-order valence-electron chi connectivity index (χ2n) is 5.49. The molecule has 2 unspecified atom stereocenters. The maximum absolute atomic E-state index is 11.9. The quantitative estimate of drug-likeness (QED) is 0.795. The van der Waals surface area contributed by atoms with Crippen LogP contribution in [-0.2, 0) is 9.59 Å². The lowest BCUT2D eigenvalue weighted by Crippen LogP contribution is -2.31. The predicted octanol–water partition coefficient (Wildman–Crippen LogP) is 1.75. The minimum Gasteiger partial charge on any atom is -0.481 e. The molecule has 17 heavy (non-hydrogen) atoms.